The number of aliphatic hydroxyl groups is 1. The summed E-state index contributed by atoms with van der Waals surface area (Å²) in [5.41, 5.74) is 0.250. The number of halogens is 1. The van der Waals surface area contributed by atoms with Gasteiger partial charge in [0.2, 0.25) is 9.84 Å². The molecule has 1 aliphatic heterocycles. The number of fused-ring (bicyclic) bond motifs is 1. The molecule has 1 aromatic rings. The molecule has 1 aromatic carbocycles. The number of rotatable bonds is 2. The zero-order valence-electron chi connectivity index (χ0n) is 9.57. The normalized spacial score (nSPS) is 17.8. The van der Waals surface area contributed by atoms with E-state index in [0.717, 1.165) is 0 Å². The first-order chi connectivity index (χ1) is 7.69. The van der Waals surface area contributed by atoms with Gasteiger partial charge in [0, 0.05) is 16.9 Å². The van der Waals surface area contributed by atoms with E-state index in [-0.39, 0.29) is 11.3 Å². The summed E-state index contributed by atoms with van der Waals surface area (Å²) < 4.78 is 23.7. The Morgan fingerprint density at radius 1 is 1.35 bits per heavy atom. The summed E-state index contributed by atoms with van der Waals surface area (Å²) in [6, 6.07) is 4.68. The highest BCUT2D eigenvalue weighted by molar-refractivity contribution is 7.95. The van der Waals surface area contributed by atoms with Crippen molar-refractivity contribution in [2.75, 3.05) is 0 Å². The van der Waals surface area contributed by atoms with Gasteiger partial charge < -0.3 is 5.11 Å². The summed E-state index contributed by atoms with van der Waals surface area (Å²) in [4.78, 5) is 0.265. The highest BCUT2D eigenvalue weighted by Gasteiger charge is 2.29. The van der Waals surface area contributed by atoms with Crippen LogP contribution in [0.2, 0.25) is 5.02 Å². The molecule has 5 heteroatoms. The fourth-order valence-electron chi connectivity index (χ4n) is 1.92. The van der Waals surface area contributed by atoms with E-state index in [1.807, 2.05) is 0 Å². The van der Waals surface area contributed by atoms with Gasteiger partial charge >= 0.3 is 0 Å². The molecular weight excluding hydrogens is 260 g/mol. The number of benzene rings is 1. The van der Waals surface area contributed by atoms with E-state index in [4.69, 9.17) is 11.6 Å². The molecule has 0 bridgehead atoms. The lowest BCUT2D eigenvalue weighted by Gasteiger charge is -2.17. The van der Waals surface area contributed by atoms with Crippen LogP contribution in [0, 0.1) is 0 Å². The van der Waals surface area contributed by atoms with Crippen LogP contribution < -0.4 is 0 Å². The molecule has 0 spiro atoms. The van der Waals surface area contributed by atoms with Crippen LogP contribution in [0.3, 0.4) is 0 Å². The molecular formula is C12H13ClO3S. The minimum absolute atomic E-state index is 0.265. The first-order valence-corrected chi connectivity index (χ1v) is 7.09. The molecule has 17 heavy (non-hydrogen) atoms. The lowest BCUT2D eigenvalue weighted by atomic mass is 9.95. The first-order valence-electron chi connectivity index (χ1n) is 5.17. The van der Waals surface area contributed by atoms with Crippen molar-refractivity contribution in [3.8, 4) is 0 Å². The average Bonchev–Trinajstić information content (AvgIpc) is 2.35. The largest absolute Gasteiger partial charge is 0.390 e. The Morgan fingerprint density at radius 3 is 2.59 bits per heavy atom. The summed E-state index contributed by atoms with van der Waals surface area (Å²) >= 11 is 5.87. The fraction of sp³-hybridized carbons (Fsp3) is 0.333. The monoisotopic (exact) mass is 272 g/mol. The van der Waals surface area contributed by atoms with E-state index in [1.165, 1.54) is 11.5 Å². The van der Waals surface area contributed by atoms with Crippen molar-refractivity contribution in [2.24, 2.45) is 0 Å². The highest BCUT2D eigenvalue weighted by atomic mass is 35.5. The van der Waals surface area contributed by atoms with Gasteiger partial charge in [0.15, 0.2) is 0 Å². The van der Waals surface area contributed by atoms with E-state index in [0.29, 0.717) is 16.2 Å². The molecule has 0 saturated carbocycles. The number of hydrogen-bond acceptors (Lipinski definition) is 3. The van der Waals surface area contributed by atoms with Gasteiger partial charge in [-0.25, -0.2) is 8.42 Å². The molecule has 0 aromatic heterocycles. The van der Waals surface area contributed by atoms with Gasteiger partial charge in [0.1, 0.15) is 0 Å². The van der Waals surface area contributed by atoms with E-state index >= 15 is 0 Å². The van der Waals surface area contributed by atoms with Crippen molar-refractivity contribution in [2.45, 2.75) is 30.8 Å². The van der Waals surface area contributed by atoms with Crippen LogP contribution in [0.5, 0.6) is 0 Å². The van der Waals surface area contributed by atoms with Crippen LogP contribution in [0.4, 0.5) is 0 Å². The topological polar surface area (TPSA) is 54.4 Å². The molecule has 0 saturated heterocycles. The Balaban J connectivity index is 2.56. The van der Waals surface area contributed by atoms with Crippen molar-refractivity contribution >= 4 is 27.0 Å². The Hall–Kier alpha value is -0.840. The van der Waals surface area contributed by atoms with Gasteiger partial charge in [0.05, 0.1) is 10.5 Å². The molecule has 0 atom stereocenters. The third-order valence-electron chi connectivity index (χ3n) is 2.51. The SMILES string of the molecule is CC(C)(O)CC1=CS(=O)(=O)c2ccc(Cl)cc21. The summed E-state index contributed by atoms with van der Waals surface area (Å²) in [5.74, 6) is 0. The summed E-state index contributed by atoms with van der Waals surface area (Å²) in [7, 11) is -3.38. The van der Waals surface area contributed by atoms with E-state index in [9.17, 15) is 13.5 Å². The third kappa shape index (κ3) is 2.54. The Labute approximate surface area is 106 Å². The molecule has 1 heterocycles. The van der Waals surface area contributed by atoms with Gasteiger partial charge in [-0.15, -0.1) is 0 Å². The predicted octanol–water partition coefficient (Wildman–Crippen LogP) is 2.63. The lowest BCUT2D eigenvalue weighted by molar-refractivity contribution is 0.0864. The standard InChI is InChI=1S/C12H13ClO3S/c1-12(2,14)6-8-7-17(15,16)11-4-3-9(13)5-10(8)11/h3-5,7,14H,6H2,1-2H3. The van der Waals surface area contributed by atoms with Gasteiger partial charge in [-0.3, -0.25) is 0 Å². The van der Waals surface area contributed by atoms with Crippen LogP contribution in [-0.2, 0) is 9.84 Å². The second-order valence-corrected chi connectivity index (χ2v) is 7.02. The van der Waals surface area contributed by atoms with Gasteiger partial charge in [-0.1, -0.05) is 11.6 Å². The molecule has 92 valence electrons. The zero-order valence-corrected chi connectivity index (χ0v) is 11.1. The first kappa shape index (κ1) is 12.6. The van der Waals surface area contributed by atoms with Gasteiger partial charge in [0.25, 0.3) is 0 Å². The maximum absolute atomic E-state index is 11.9. The molecule has 0 aliphatic carbocycles. The number of sulfone groups is 1. The molecule has 0 radical (unpaired) electrons. The van der Waals surface area contributed by atoms with Crippen LogP contribution in [0.25, 0.3) is 5.57 Å². The van der Waals surface area contributed by atoms with Crippen molar-refractivity contribution in [3.05, 3.63) is 34.2 Å². The van der Waals surface area contributed by atoms with E-state index in [2.05, 4.69) is 0 Å². The lowest BCUT2D eigenvalue weighted by Crippen LogP contribution is -2.18. The Morgan fingerprint density at radius 2 is 2.00 bits per heavy atom. The second-order valence-electron chi connectivity index (χ2n) is 4.82. The summed E-state index contributed by atoms with van der Waals surface area (Å²) in [6.07, 6.45) is 0.277. The van der Waals surface area contributed by atoms with Crippen LogP contribution in [0.1, 0.15) is 25.8 Å². The molecule has 1 aliphatic rings. The second kappa shape index (κ2) is 3.83. The minimum Gasteiger partial charge on any atom is -0.390 e. The predicted molar refractivity (Wildman–Crippen MR) is 67.5 cm³/mol. The zero-order chi connectivity index (χ0) is 12.8. The van der Waals surface area contributed by atoms with Crippen molar-refractivity contribution in [1.82, 2.24) is 0 Å². The Bertz CT molecular complexity index is 595. The smallest absolute Gasteiger partial charge is 0.200 e. The molecule has 0 unspecified atom stereocenters. The van der Waals surface area contributed by atoms with Crippen LogP contribution >= 0.6 is 11.6 Å². The molecule has 1 N–H and O–H groups in total. The molecule has 3 nitrogen and oxygen atoms in total. The fourth-order valence-corrected chi connectivity index (χ4v) is 3.56. The summed E-state index contributed by atoms with van der Waals surface area (Å²) in [6.45, 7) is 3.28. The van der Waals surface area contributed by atoms with Crippen molar-refractivity contribution < 1.29 is 13.5 Å². The quantitative estimate of drug-likeness (QED) is 0.900. The molecule has 2 rings (SSSR count). The molecule has 0 amide bonds. The van der Waals surface area contributed by atoms with E-state index in [1.54, 1.807) is 26.0 Å². The van der Waals surface area contributed by atoms with Crippen molar-refractivity contribution in [1.29, 1.82) is 0 Å². The maximum atomic E-state index is 11.9. The van der Waals surface area contributed by atoms with E-state index < -0.39 is 15.4 Å². The average molecular weight is 273 g/mol. The van der Waals surface area contributed by atoms with Gasteiger partial charge in [-0.2, -0.15) is 0 Å². The van der Waals surface area contributed by atoms with Gasteiger partial charge in [-0.05, 0) is 43.2 Å². The highest BCUT2D eigenvalue weighted by Crippen LogP contribution is 2.38. The van der Waals surface area contributed by atoms with Crippen LogP contribution in [0.15, 0.2) is 28.5 Å². The minimum atomic E-state index is -3.38. The van der Waals surface area contributed by atoms with Crippen molar-refractivity contribution in [3.63, 3.8) is 0 Å². The molecule has 0 fully saturated rings. The maximum Gasteiger partial charge on any atom is 0.200 e. The van der Waals surface area contributed by atoms with Crippen LogP contribution in [-0.4, -0.2) is 19.1 Å². The summed E-state index contributed by atoms with van der Waals surface area (Å²) in [5, 5.41) is 11.5. The third-order valence-corrected chi connectivity index (χ3v) is 4.31. The Kier molecular flexibility index (Phi) is 2.84. The number of hydrogen-bond donors (Lipinski definition) is 1.